The average Bonchev–Trinajstić information content (AvgIpc) is 3.14. The Hall–Kier alpha value is -2.63. The topological polar surface area (TPSA) is 47.3 Å². The number of phenols is 1. The van der Waals surface area contributed by atoms with E-state index in [2.05, 4.69) is 11.2 Å². The van der Waals surface area contributed by atoms with Crippen LogP contribution in [0, 0.1) is 0 Å². The number of aromatic nitrogens is 2. The summed E-state index contributed by atoms with van der Waals surface area (Å²) in [6, 6.07) is 21.8. The second kappa shape index (κ2) is 8.80. The van der Waals surface area contributed by atoms with Crippen LogP contribution in [0.1, 0.15) is 17.0 Å². The molecule has 0 aliphatic rings. The lowest BCUT2D eigenvalue weighted by Gasteiger charge is -2.09. The zero-order chi connectivity index (χ0) is 20.2. The summed E-state index contributed by atoms with van der Waals surface area (Å²) in [5.41, 5.74) is 3.09. The lowest BCUT2D eigenvalue weighted by molar-refractivity contribution is 0.414. The summed E-state index contributed by atoms with van der Waals surface area (Å²) >= 11 is 7.70. The first kappa shape index (κ1) is 19.7. The largest absolute Gasteiger partial charge is 0.507 e. The Kier molecular flexibility index (Phi) is 5.97. The van der Waals surface area contributed by atoms with Gasteiger partial charge in [0.25, 0.3) is 0 Å². The van der Waals surface area contributed by atoms with E-state index >= 15 is 0 Å². The van der Waals surface area contributed by atoms with Gasteiger partial charge in [0.15, 0.2) is 0 Å². The fraction of sp³-hybridized carbons (Fsp3) is 0.174. The third kappa shape index (κ3) is 4.52. The van der Waals surface area contributed by atoms with Gasteiger partial charge in [-0.05, 0) is 41.3 Å². The van der Waals surface area contributed by atoms with Crippen LogP contribution in [-0.2, 0) is 18.2 Å². The maximum Gasteiger partial charge on any atom is 0.124 e. The number of benzene rings is 3. The lowest BCUT2D eigenvalue weighted by atomic mass is 10.1. The predicted octanol–water partition coefficient (Wildman–Crippen LogP) is 5.83. The summed E-state index contributed by atoms with van der Waals surface area (Å²) in [7, 11) is 1.66. The summed E-state index contributed by atoms with van der Waals surface area (Å²) in [5, 5.41) is 16.9. The fourth-order valence-electron chi connectivity index (χ4n) is 3.24. The molecule has 0 unspecified atom stereocenters. The Morgan fingerprint density at radius 3 is 2.62 bits per heavy atom. The molecule has 0 saturated heterocycles. The van der Waals surface area contributed by atoms with Crippen LogP contribution < -0.4 is 4.74 Å². The van der Waals surface area contributed by atoms with E-state index in [1.165, 1.54) is 0 Å². The molecular formula is C23H21ClN2O2S. The second-order valence-corrected chi connectivity index (χ2v) is 8.03. The number of aromatic hydroxyl groups is 1. The molecule has 0 aliphatic heterocycles. The Morgan fingerprint density at radius 1 is 1.07 bits per heavy atom. The maximum absolute atomic E-state index is 10.3. The molecule has 29 heavy (non-hydrogen) atoms. The number of fused-ring (bicyclic) bond motifs is 1. The van der Waals surface area contributed by atoms with Gasteiger partial charge in [0.2, 0.25) is 0 Å². The number of ether oxygens (including phenoxy) is 1. The normalized spacial score (nSPS) is 11.1. The number of halogens is 1. The monoisotopic (exact) mass is 424 g/mol. The summed E-state index contributed by atoms with van der Waals surface area (Å²) in [6.07, 6.45) is 0. The van der Waals surface area contributed by atoms with Crippen LogP contribution >= 0.6 is 23.4 Å². The van der Waals surface area contributed by atoms with Gasteiger partial charge in [0.1, 0.15) is 11.5 Å². The van der Waals surface area contributed by atoms with Crippen LogP contribution in [0.4, 0.5) is 0 Å². The molecule has 0 radical (unpaired) electrons. The minimum absolute atomic E-state index is 0.304. The molecule has 3 aromatic carbocycles. The van der Waals surface area contributed by atoms with Crippen LogP contribution in [0.3, 0.4) is 0 Å². The number of alkyl halides is 1. The average molecular weight is 425 g/mol. The number of hydrogen-bond donors (Lipinski definition) is 1. The molecular weight excluding hydrogens is 404 g/mol. The number of phenolic OH excluding ortho intramolecular Hbond substituents is 1. The van der Waals surface area contributed by atoms with Crippen molar-refractivity contribution in [2.45, 2.75) is 23.1 Å². The molecule has 0 saturated carbocycles. The highest BCUT2D eigenvalue weighted by molar-refractivity contribution is 7.98. The fourth-order valence-corrected chi connectivity index (χ4v) is 4.32. The maximum atomic E-state index is 10.3. The van der Waals surface area contributed by atoms with E-state index in [9.17, 15) is 5.11 Å². The minimum Gasteiger partial charge on any atom is -0.507 e. The van der Waals surface area contributed by atoms with E-state index in [1.54, 1.807) is 18.9 Å². The zero-order valence-electron chi connectivity index (χ0n) is 16.0. The molecule has 4 nitrogen and oxygen atoms in total. The Morgan fingerprint density at radius 2 is 1.86 bits per heavy atom. The van der Waals surface area contributed by atoms with Crippen LogP contribution in [-0.4, -0.2) is 22.0 Å². The van der Waals surface area contributed by atoms with Gasteiger partial charge < -0.3 is 9.84 Å². The van der Waals surface area contributed by atoms with Crippen LogP contribution in [0.5, 0.6) is 11.5 Å². The van der Waals surface area contributed by atoms with Gasteiger partial charge in [0, 0.05) is 21.7 Å². The first-order valence-electron chi connectivity index (χ1n) is 9.25. The van der Waals surface area contributed by atoms with Gasteiger partial charge in [-0.3, -0.25) is 4.68 Å². The number of methoxy groups -OCH3 is 1. The molecule has 148 valence electrons. The van der Waals surface area contributed by atoms with E-state index in [1.807, 2.05) is 65.3 Å². The van der Waals surface area contributed by atoms with Crippen LogP contribution in [0.2, 0.25) is 0 Å². The first-order valence-corrected chi connectivity index (χ1v) is 10.8. The third-order valence-electron chi connectivity index (χ3n) is 4.74. The predicted molar refractivity (Wildman–Crippen MR) is 119 cm³/mol. The van der Waals surface area contributed by atoms with E-state index < -0.39 is 0 Å². The van der Waals surface area contributed by atoms with Gasteiger partial charge in [-0.2, -0.15) is 5.10 Å². The van der Waals surface area contributed by atoms with E-state index in [4.69, 9.17) is 16.3 Å². The highest BCUT2D eigenvalue weighted by Gasteiger charge is 2.10. The van der Waals surface area contributed by atoms with Crippen molar-refractivity contribution in [3.8, 4) is 11.5 Å². The van der Waals surface area contributed by atoms with E-state index in [-0.39, 0.29) is 0 Å². The van der Waals surface area contributed by atoms with E-state index in [0.717, 1.165) is 44.1 Å². The molecule has 1 heterocycles. The van der Waals surface area contributed by atoms with Crippen molar-refractivity contribution in [3.63, 3.8) is 0 Å². The van der Waals surface area contributed by atoms with Crippen molar-refractivity contribution in [1.29, 1.82) is 0 Å². The highest BCUT2D eigenvalue weighted by atomic mass is 35.5. The van der Waals surface area contributed by atoms with Gasteiger partial charge in [-0.15, -0.1) is 23.4 Å². The van der Waals surface area contributed by atoms with Crippen molar-refractivity contribution in [2.75, 3.05) is 7.11 Å². The molecule has 4 rings (SSSR count). The van der Waals surface area contributed by atoms with Gasteiger partial charge >= 0.3 is 0 Å². The molecule has 0 aliphatic carbocycles. The number of rotatable bonds is 7. The molecule has 6 heteroatoms. The van der Waals surface area contributed by atoms with Crippen molar-refractivity contribution in [3.05, 3.63) is 83.7 Å². The quantitative estimate of drug-likeness (QED) is 0.299. The van der Waals surface area contributed by atoms with Crippen molar-refractivity contribution in [1.82, 2.24) is 9.78 Å². The third-order valence-corrected chi connectivity index (χ3v) is 6.03. The number of thioether (sulfide) groups is 1. The molecule has 1 N–H and O–H groups in total. The Balaban J connectivity index is 1.54. The molecule has 1 aromatic heterocycles. The van der Waals surface area contributed by atoms with Crippen molar-refractivity contribution >= 4 is 34.1 Å². The summed E-state index contributed by atoms with van der Waals surface area (Å²) < 4.78 is 7.22. The summed E-state index contributed by atoms with van der Waals surface area (Å²) in [5.74, 6) is 2.25. The lowest BCUT2D eigenvalue weighted by Crippen LogP contribution is -2.06. The summed E-state index contributed by atoms with van der Waals surface area (Å²) in [4.78, 5) is 1.02. The van der Waals surface area contributed by atoms with Gasteiger partial charge in [-0.25, -0.2) is 0 Å². The number of nitrogens with zero attached hydrogens (tertiary/aromatic N) is 2. The number of hydrogen-bond acceptors (Lipinski definition) is 4. The van der Waals surface area contributed by atoms with Crippen molar-refractivity contribution < 1.29 is 9.84 Å². The molecule has 4 aromatic rings. The molecule has 0 amide bonds. The molecule has 0 fully saturated rings. The highest BCUT2D eigenvalue weighted by Crippen LogP contribution is 2.33. The smallest absolute Gasteiger partial charge is 0.124 e. The Bertz CT molecular complexity index is 1130. The van der Waals surface area contributed by atoms with Crippen LogP contribution in [0.25, 0.3) is 10.8 Å². The minimum atomic E-state index is 0.304. The van der Waals surface area contributed by atoms with Crippen LogP contribution in [0.15, 0.2) is 71.6 Å². The standard InChI is InChI=1S/C23H21ClN2O2S/c1-28-20-8-6-16(7-9-20)14-26-19(11-18(13-24)25-26)15-29-21-10-17-4-2-3-5-22(17)23(27)12-21/h2-12,27H,13-15H2,1H3. The van der Waals surface area contributed by atoms with Gasteiger partial charge in [0.05, 0.1) is 25.2 Å². The molecule has 0 bridgehead atoms. The molecule has 0 atom stereocenters. The second-order valence-electron chi connectivity index (χ2n) is 6.72. The SMILES string of the molecule is COc1ccc(Cn2nc(CCl)cc2CSc2cc(O)c3ccccc3c2)cc1. The van der Waals surface area contributed by atoms with Gasteiger partial charge in [-0.1, -0.05) is 36.4 Å². The summed E-state index contributed by atoms with van der Waals surface area (Å²) in [6.45, 7) is 0.666. The van der Waals surface area contributed by atoms with E-state index in [0.29, 0.717) is 18.2 Å². The Labute approximate surface area is 179 Å². The first-order chi connectivity index (χ1) is 14.2. The van der Waals surface area contributed by atoms with Crippen molar-refractivity contribution in [2.24, 2.45) is 0 Å². The molecule has 0 spiro atoms. The zero-order valence-corrected chi connectivity index (χ0v) is 17.6.